The molecule has 2 heterocycles. The maximum Gasteiger partial charge on any atom is 0.338 e. The molecule has 5 unspecified atom stereocenters. The Kier molecular flexibility index (Phi) is 6.76. The molecule has 2 aliphatic heterocycles. The average molecular weight is 414 g/mol. The Morgan fingerprint density at radius 3 is 2.47 bits per heavy atom. The van der Waals surface area contributed by atoms with E-state index < -0.39 is 42.8 Å². The Morgan fingerprint density at radius 2 is 1.77 bits per heavy atom. The van der Waals surface area contributed by atoms with Crippen LogP contribution in [0.15, 0.2) is 60.7 Å². The normalized spacial score (nSPS) is 31.0. The predicted octanol–water partition coefficient (Wildman–Crippen LogP) is 2.38. The maximum absolute atomic E-state index is 12.3. The van der Waals surface area contributed by atoms with Crippen molar-refractivity contribution in [3.05, 3.63) is 71.8 Å². The number of benzene rings is 2. The standard InChI is InChI=1S/C23H26O7/c1-2-26-22(25)21-18(24)20(27-13-15-9-5-3-6-10-15)19-17(29-21)14-28-23(30-19)16-11-7-4-8-12-16/h3-12,17-21,23-24H,2,13-14H2,1H3/t17-,18?,19?,20?,21?,23?/m1/s1. The summed E-state index contributed by atoms with van der Waals surface area (Å²) in [6.07, 6.45) is -4.95. The topological polar surface area (TPSA) is 83.5 Å². The van der Waals surface area contributed by atoms with E-state index in [9.17, 15) is 9.90 Å². The van der Waals surface area contributed by atoms with Crippen molar-refractivity contribution in [2.24, 2.45) is 0 Å². The van der Waals surface area contributed by atoms with Gasteiger partial charge in [-0.1, -0.05) is 60.7 Å². The Balaban J connectivity index is 1.54. The quantitative estimate of drug-likeness (QED) is 0.727. The summed E-state index contributed by atoms with van der Waals surface area (Å²) in [5, 5.41) is 10.9. The first-order valence-corrected chi connectivity index (χ1v) is 10.1. The van der Waals surface area contributed by atoms with E-state index in [2.05, 4.69) is 0 Å². The van der Waals surface area contributed by atoms with Crippen LogP contribution < -0.4 is 0 Å². The third kappa shape index (κ3) is 4.55. The molecular formula is C23H26O7. The van der Waals surface area contributed by atoms with Gasteiger partial charge in [-0.3, -0.25) is 0 Å². The van der Waals surface area contributed by atoms with Gasteiger partial charge in [-0.2, -0.15) is 0 Å². The second kappa shape index (κ2) is 9.68. The summed E-state index contributed by atoms with van der Waals surface area (Å²) in [6, 6.07) is 19.2. The van der Waals surface area contributed by atoms with Gasteiger partial charge in [0.05, 0.1) is 19.8 Å². The molecule has 7 nitrogen and oxygen atoms in total. The highest BCUT2D eigenvalue weighted by Gasteiger charge is 2.52. The van der Waals surface area contributed by atoms with Crippen LogP contribution in [-0.4, -0.2) is 54.8 Å². The number of aliphatic hydroxyl groups excluding tert-OH is 1. The highest BCUT2D eigenvalue weighted by molar-refractivity contribution is 5.75. The second-order valence-electron chi connectivity index (χ2n) is 7.28. The van der Waals surface area contributed by atoms with Crippen molar-refractivity contribution in [3.63, 3.8) is 0 Å². The first kappa shape index (κ1) is 21.0. The van der Waals surface area contributed by atoms with Crippen molar-refractivity contribution in [1.82, 2.24) is 0 Å². The third-order valence-corrected chi connectivity index (χ3v) is 5.23. The molecule has 30 heavy (non-hydrogen) atoms. The molecule has 2 aromatic rings. The van der Waals surface area contributed by atoms with Gasteiger partial charge in [-0.05, 0) is 12.5 Å². The SMILES string of the molecule is CCOC(=O)C1O[C@@H]2COC(c3ccccc3)OC2C(OCc2ccccc2)C1O. The van der Waals surface area contributed by atoms with E-state index >= 15 is 0 Å². The largest absolute Gasteiger partial charge is 0.464 e. The van der Waals surface area contributed by atoms with Crippen molar-refractivity contribution in [2.45, 2.75) is 50.3 Å². The smallest absolute Gasteiger partial charge is 0.338 e. The number of esters is 1. The number of carbonyl (C=O) groups excluding carboxylic acids is 1. The molecule has 4 rings (SSSR count). The molecule has 2 fully saturated rings. The minimum atomic E-state index is -1.23. The number of hydrogen-bond donors (Lipinski definition) is 1. The first-order chi connectivity index (χ1) is 14.7. The molecule has 2 aliphatic rings. The fraction of sp³-hybridized carbons (Fsp3) is 0.435. The van der Waals surface area contributed by atoms with E-state index in [0.29, 0.717) is 0 Å². The first-order valence-electron chi connectivity index (χ1n) is 10.1. The lowest BCUT2D eigenvalue weighted by Gasteiger charge is -2.47. The summed E-state index contributed by atoms with van der Waals surface area (Å²) in [5.74, 6) is -0.623. The molecule has 0 saturated carbocycles. The lowest BCUT2D eigenvalue weighted by molar-refractivity contribution is -0.332. The molecule has 0 spiro atoms. The second-order valence-corrected chi connectivity index (χ2v) is 7.28. The van der Waals surface area contributed by atoms with Gasteiger partial charge < -0.3 is 28.8 Å². The van der Waals surface area contributed by atoms with Crippen LogP contribution in [0.25, 0.3) is 0 Å². The van der Waals surface area contributed by atoms with Gasteiger partial charge in [0.25, 0.3) is 0 Å². The number of carbonyl (C=O) groups is 1. The molecule has 0 aromatic heterocycles. The monoisotopic (exact) mass is 414 g/mol. The number of rotatable bonds is 6. The predicted molar refractivity (Wildman–Crippen MR) is 106 cm³/mol. The molecular weight excluding hydrogens is 388 g/mol. The number of fused-ring (bicyclic) bond motifs is 1. The molecule has 0 radical (unpaired) electrons. The van der Waals surface area contributed by atoms with Crippen LogP contribution in [0.2, 0.25) is 0 Å². The molecule has 2 saturated heterocycles. The van der Waals surface area contributed by atoms with E-state index in [4.69, 9.17) is 23.7 Å². The van der Waals surface area contributed by atoms with Crippen LogP contribution in [0.4, 0.5) is 0 Å². The van der Waals surface area contributed by atoms with Crippen LogP contribution in [0.5, 0.6) is 0 Å². The number of aliphatic hydroxyl groups is 1. The van der Waals surface area contributed by atoms with Crippen LogP contribution >= 0.6 is 0 Å². The van der Waals surface area contributed by atoms with Crippen LogP contribution in [0, 0.1) is 0 Å². The zero-order valence-corrected chi connectivity index (χ0v) is 16.8. The summed E-state index contributed by atoms with van der Waals surface area (Å²) < 4.78 is 29.0. The number of ether oxygens (including phenoxy) is 5. The van der Waals surface area contributed by atoms with Crippen LogP contribution in [0.1, 0.15) is 24.3 Å². The Labute approximate surface area is 175 Å². The Morgan fingerprint density at radius 1 is 1.07 bits per heavy atom. The van der Waals surface area contributed by atoms with Crippen LogP contribution in [-0.2, 0) is 35.1 Å². The lowest BCUT2D eigenvalue weighted by atomic mass is 9.93. The number of hydrogen-bond acceptors (Lipinski definition) is 7. The van der Waals surface area contributed by atoms with Crippen molar-refractivity contribution in [2.75, 3.05) is 13.2 Å². The van der Waals surface area contributed by atoms with Crippen molar-refractivity contribution in [3.8, 4) is 0 Å². The molecule has 0 aliphatic carbocycles. The van der Waals surface area contributed by atoms with Gasteiger partial charge in [0.1, 0.15) is 24.4 Å². The lowest BCUT2D eigenvalue weighted by Crippen LogP contribution is -2.64. The van der Waals surface area contributed by atoms with E-state index in [0.717, 1.165) is 11.1 Å². The fourth-order valence-electron chi connectivity index (χ4n) is 3.75. The van der Waals surface area contributed by atoms with Crippen molar-refractivity contribution in [1.29, 1.82) is 0 Å². The van der Waals surface area contributed by atoms with E-state index in [1.54, 1.807) is 6.92 Å². The van der Waals surface area contributed by atoms with E-state index in [1.165, 1.54) is 0 Å². The Hall–Kier alpha value is -2.29. The van der Waals surface area contributed by atoms with Gasteiger partial charge in [-0.25, -0.2) is 4.79 Å². The fourth-order valence-corrected chi connectivity index (χ4v) is 3.75. The summed E-state index contributed by atoms with van der Waals surface area (Å²) >= 11 is 0. The highest BCUT2D eigenvalue weighted by Crippen LogP contribution is 2.35. The highest BCUT2D eigenvalue weighted by atomic mass is 16.7. The molecule has 7 heteroatoms. The minimum Gasteiger partial charge on any atom is -0.464 e. The molecule has 6 atom stereocenters. The Bertz CT molecular complexity index is 813. The van der Waals surface area contributed by atoms with Gasteiger partial charge in [0.2, 0.25) is 0 Å². The van der Waals surface area contributed by atoms with Gasteiger partial charge >= 0.3 is 5.97 Å². The maximum atomic E-state index is 12.3. The molecule has 0 amide bonds. The summed E-state index contributed by atoms with van der Waals surface area (Å²) in [6.45, 7) is 2.37. The molecule has 0 bridgehead atoms. The van der Waals surface area contributed by atoms with Crippen LogP contribution in [0.3, 0.4) is 0 Å². The summed E-state index contributed by atoms with van der Waals surface area (Å²) in [5.41, 5.74) is 1.81. The molecule has 160 valence electrons. The zero-order chi connectivity index (χ0) is 20.9. The molecule has 2 aromatic carbocycles. The van der Waals surface area contributed by atoms with Gasteiger partial charge in [-0.15, -0.1) is 0 Å². The average Bonchev–Trinajstić information content (AvgIpc) is 2.79. The van der Waals surface area contributed by atoms with Gasteiger partial charge in [0.15, 0.2) is 12.4 Å². The summed E-state index contributed by atoms with van der Waals surface area (Å²) in [7, 11) is 0. The third-order valence-electron chi connectivity index (χ3n) is 5.23. The van der Waals surface area contributed by atoms with E-state index in [1.807, 2.05) is 60.7 Å². The van der Waals surface area contributed by atoms with Gasteiger partial charge in [0, 0.05) is 5.56 Å². The van der Waals surface area contributed by atoms with Crippen molar-refractivity contribution >= 4 is 5.97 Å². The van der Waals surface area contributed by atoms with Crippen molar-refractivity contribution < 1.29 is 33.6 Å². The van der Waals surface area contributed by atoms with E-state index in [-0.39, 0.29) is 19.8 Å². The summed E-state index contributed by atoms with van der Waals surface area (Å²) in [4.78, 5) is 12.3. The minimum absolute atomic E-state index is 0.193. The molecule has 1 N–H and O–H groups in total. The zero-order valence-electron chi connectivity index (χ0n) is 16.8.